The number of aromatic amines is 2. The summed E-state index contributed by atoms with van der Waals surface area (Å²) in [6, 6.07) is 6.57. The van der Waals surface area contributed by atoms with E-state index in [2.05, 4.69) is 9.97 Å². The van der Waals surface area contributed by atoms with Crippen molar-refractivity contribution in [3.05, 3.63) is 68.5 Å². The van der Waals surface area contributed by atoms with Gasteiger partial charge in [-0.3, -0.25) is 9.59 Å². The predicted molar refractivity (Wildman–Crippen MR) is 74.9 cm³/mol. The van der Waals surface area contributed by atoms with Crippen molar-refractivity contribution in [1.82, 2.24) is 9.97 Å². The van der Waals surface area contributed by atoms with Crippen molar-refractivity contribution in [3.8, 4) is 0 Å². The number of rotatable bonds is 0. The van der Waals surface area contributed by atoms with Crippen molar-refractivity contribution >= 4 is 0 Å². The quantitative estimate of drug-likeness (QED) is 0.751. The monoisotopic (exact) mass is 248 g/mol. The summed E-state index contributed by atoms with van der Waals surface area (Å²) >= 11 is 0. The van der Waals surface area contributed by atoms with Crippen molar-refractivity contribution in [2.45, 2.75) is 27.7 Å². The number of hydrogen-bond donors (Lipinski definition) is 2. The van der Waals surface area contributed by atoms with Crippen LogP contribution in [0.15, 0.2) is 46.2 Å². The van der Waals surface area contributed by atoms with Crippen molar-refractivity contribution in [1.29, 1.82) is 0 Å². The first-order valence-corrected chi connectivity index (χ1v) is 5.88. The molecule has 98 valence electrons. The Bertz CT molecular complexity index is 464. The molecule has 2 aromatic rings. The van der Waals surface area contributed by atoms with Gasteiger partial charge in [-0.15, -0.1) is 0 Å². The molecule has 0 saturated carbocycles. The predicted octanol–water partition coefficient (Wildman–Crippen LogP) is 2.39. The third kappa shape index (κ3) is 7.22. The number of H-pyrrole nitrogens is 2. The lowest BCUT2D eigenvalue weighted by molar-refractivity contribution is 1.20. The van der Waals surface area contributed by atoms with Crippen LogP contribution in [0.4, 0.5) is 0 Å². The minimum absolute atomic E-state index is 0.0457. The lowest BCUT2D eigenvalue weighted by Crippen LogP contribution is -2.00. The third-order valence-corrected chi connectivity index (χ3v) is 1.88. The molecule has 0 fully saturated rings. The number of nitrogens with one attached hydrogen (secondary N) is 2. The molecule has 0 spiro atoms. The zero-order valence-electron chi connectivity index (χ0n) is 11.3. The van der Waals surface area contributed by atoms with Crippen molar-refractivity contribution < 1.29 is 0 Å². The van der Waals surface area contributed by atoms with Crippen LogP contribution in [0.25, 0.3) is 0 Å². The van der Waals surface area contributed by atoms with Crippen LogP contribution >= 0.6 is 0 Å². The van der Waals surface area contributed by atoms with E-state index in [4.69, 9.17) is 0 Å². The van der Waals surface area contributed by atoms with Gasteiger partial charge in [0.2, 0.25) is 11.1 Å². The summed E-state index contributed by atoms with van der Waals surface area (Å²) < 4.78 is 0. The molecule has 0 aliphatic rings. The van der Waals surface area contributed by atoms with Gasteiger partial charge in [-0.05, 0) is 25.0 Å². The molecule has 0 aliphatic carbocycles. The summed E-state index contributed by atoms with van der Waals surface area (Å²) in [6.07, 6.45) is 3.37. The van der Waals surface area contributed by atoms with Gasteiger partial charge in [0, 0.05) is 24.5 Å². The second kappa shape index (κ2) is 8.98. The zero-order valence-corrected chi connectivity index (χ0v) is 11.3. The molecule has 0 aromatic carbocycles. The molecule has 2 heterocycles. The Labute approximate surface area is 107 Å². The molecule has 4 heteroatoms. The Morgan fingerprint density at radius 2 is 1.06 bits per heavy atom. The Morgan fingerprint density at radius 1 is 0.722 bits per heavy atom. The Balaban J connectivity index is 0.000000283. The third-order valence-electron chi connectivity index (χ3n) is 1.88. The lowest BCUT2D eigenvalue weighted by Gasteiger charge is -1.83. The summed E-state index contributed by atoms with van der Waals surface area (Å²) in [5, 5.41) is 0. The smallest absolute Gasteiger partial charge is 0.247 e. The lowest BCUT2D eigenvalue weighted by atomic mass is 10.3. The molecule has 0 atom stereocenters. The van der Waals surface area contributed by atoms with Gasteiger partial charge in [0.1, 0.15) is 0 Å². The molecule has 18 heavy (non-hydrogen) atoms. The Hall–Kier alpha value is -2.10. The fourth-order valence-electron chi connectivity index (χ4n) is 0.977. The van der Waals surface area contributed by atoms with Gasteiger partial charge < -0.3 is 9.97 Å². The van der Waals surface area contributed by atoms with E-state index in [-0.39, 0.29) is 11.1 Å². The molecule has 0 bridgehead atoms. The zero-order chi connectivity index (χ0) is 14.0. The number of hydrogen-bond acceptors (Lipinski definition) is 2. The topological polar surface area (TPSA) is 65.7 Å². The van der Waals surface area contributed by atoms with Crippen LogP contribution in [0.1, 0.15) is 25.0 Å². The standard InChI is InChI=1S/2C6H7NO.C2H6/c2*1-5-2-3-6(8)7-4-5;1-2/h2*2-4H,1H3,(H,7,8);1-2H3. The molecule has 4 nitrogen and oxygen atoms in total. The largest absolute Gasteiger partial charge is 0.329 e. The normalized spacial score (nSPS) is 8.44. The van der Waals surface area contributed by atoms with Crippen LogP contribution < -0.4 is 11.1 Å². The molecule has 0 unspecified atom stereocenters. The number of aryl methyl sites for hydroxylation is 2. The van der Waals surface area contributed by atoms with E-state index < -0.39 is 0 Å². The van der Waals surface area contributed by atoms with Crippen molar-refractivity contribution in [2.75, 3.05) is 0 Å². The molecule has 0 amide bonds. The summed E-state index contributed by atoms with van der Waals surface area (Å²) in [5.41, 5.74) is 2.06. The summed E-state index contributed by atoms with van der Waals surface area (Å²) in [4.78, 5) is 25.8. The van der Waals surface area contributed by atoms with Crippen LogP contribution in [-0.4, -0.2) is 9.97 Å². The van der Waals surface area contributed by atoms with Gasteiger partial charge in [0.25, 0.3) is 0 Å². The first-order chi connectivity index (χ1) is 8.58. The number of aromatic nitrogens is 2. The van der Waals surface area contributed by atoms with E-state index in [0.717, 1.165) is 11.1 Å². The van der Waals surface area contributed by atoms with Gasteiger partial charge in [0.05, 0.1) is 0 Å². The van der Waals surface area contributed by atoms with Crippen LogP contribution in [-0.2, 0) is 0 Å². The molecular weight excluding hydrogens is 228 g/mol. The maximum atomic E-state index is 10.4. The number of pyridine rings is 2. The van der Waals surface area contributed by atoms with Gasteiger partial charge in [-0.1, -0.05) is 26.0 Å². The minimum atomic E-state index is -0.0457. The maximum Gasteiger partial charge on any atom is 0.247 e. The van der Waals surface area contributed by atoms with E-state index in [1.807, 2.05) is 27.7 Å². The fourth-order valence-corrected chi connectivity index (χ4v) is 0.977. The highest BCUT2D eigenvalue weighted by Gasteiger charge is 1.79. The van der Waals surface area contributed by atoms with Crippen molar-refractivity contribution in [3.63, 3.8) is 0 Å². The van der Waals surface area contributed by atoms with E-state index in [9.17, 15) is 9.59 Å². The average molecular weight is 248 g/mol. The SMILES string of the molecule is CC.Cc1ccc(=O)[nH]c1.Cc1ccc(=O)[nH]c1. The molecule has 2 N–H and O–H groups in total. The Kier molecular flexibility index (Phi) is 7.94. The van der Waals surface area contributed by atoms with Crippen LogP contribution in [0.3, 0.4) is 0 Å². The Morgan fingerprint density at radius 3 is 1.22 bits per heavy atom. The average Bonchev–Trinajstić information content (AvgIpc) is 2.40. The van der Waals surface area contributed by atoms with E-state index >= 15 is 0 Å². The molecule has 2 rings (SSSR count). The van der Waals surface area contributed by atoms with Gasteiger partial charge in [0.15, 0.2) is 0 Å². The van der Waals surface area contributed by atoms with E-state index in [0.29, 0.717) is 0 Å². The minimum Gasteiger partial charge on any atom is -0.329 e. The van der Waals surface area contributed by atoms with Crippen molar-refractivity contribution in [2.24, 2.45) is 0 Å². The highest BCUT2D eigenvalue weighted by Crippen LogP contribution is 1.85. The molecule has 0 aliphatic heterocycles. The molecule has 0 saturated heterocycles. The maximum absolute atomic E-state index is 10.4. The van der Waals surface area contributed by atoms with Crippen LogP contribution in [0, 0.1) is 13.8 Å². The first-order valence-electron chi connectivity index (χ1n) is 5.88. The second-order valence-corrected chi connectivity index (χ2v) is 3.46. The van der Waals surface area contributed by atoms with Gasteiger partial charge in [-0.2, -0.15) is 0 Å². The van der Waals surface area contributed by atoms with Gasteiger partial charge in [-0.25, -0.2) is 0 Å². The summed E-state index contributed by atoms with van der Waals surface area (Å²) in [7, 11) is 0. The second-order valence-electron chi connectivity index (χ2n) is 3.46. The van der Waals surface area contributed by atoms with Crippen LogP contribution in [0.2, 0.25) is 0 Å². The highest BCUT2D eigenvalue weighted by molar-refractivity contribution is 5.05. The molecule has 0 radical (unpaired) electrons. The van der Waals surface area contributed by atoms with Crippen LogP contribution in [0.5, 0.6) is 0 Å². The highest BCUT2D eigenvalue weighted by atomic mass is 16.1. The summed E-state index contributed by atoms with van der Waals surface area (Å²) in [5.74, 6) is 0. The van der Waals surface area contributed by atoms with E-state index in [1.165, 1.54) is 12.1 Å². The first kappa shape index (κ1) is 15.9. The fraction of sp³-hybridized carbons (Fsp3) is 0.286. The van der Waals surface area contributed by atoms with Gasteiger partial charge >= 0.3 is 0 Å². The molecule has 2 aromatic heterocycles. The van der Waals surface area contributed by atoms with E-state index in [1.54, 1.807) is 24.5 Å². The molecular formula is C14H20N2O2. The summed E-state index contributed by atoms with van der Waals surface area (Å²) in [6.45, 7) is 7.85.